The predicted molar refractivity (Wildman–Crippen MR) is 113 cm³/mol. The van der Waals surface area contributed by atoms with Crippen LogP contribution in [0.25, 0.3) is 0 Å². The van der Waals surface area contributed by atoms with E-state index in [-0.39, 0.29) is 18.6 Å². The standard InChI is InChI=1S/C24H25FN2O3/c1-16-5-2-3-6-20(16)23(29)17-8-9-22(18(13-17)15-28)27-12-10-19(14-27)30-24-21(25)7-4-11-26-24/h2-9,11,13,19,23,28-29H,10,12,14-15H2,1H3. The first-order valence-corrected chi connectivity index (χ1v) is 10.1. The number of rotatable bonds is 6. The van der Waals surface area contributed by atoms with Crippen molar-refractivity contribution in [3.63, 3.8) is 0 Å². The SMILES string of the molecule is Cc1ccccc1C(O)c1ccc(N2CCC(Oc3ncccc3F)C2)c(CO)c1. The van der Waals surface area contributed by atoms with Gasteiger partial charge in [0.15, 0.2) is 5.82 Å². The number of aliphatic hydroxyl groups is 2. The Morgan fingerprint density at radius 2 is 2.03 bits per heavy atom. The summed E-state index contributed by atoms with van der Waals surface area (Å²) in [7, 11) is 0. The van der Waals surface area contributed by atoms with E-state index in [9.17, 15) is 14.6 Å². The molecule has 2 heterocycles. The Morgan fingerprint density at radius 3 is 2.80 bits per heavy atom. The first kappa shape index (κ1) is 20.3. The van der Waals surface area contributed by atoms with Crippen molar-refractivity contribution in [2.45, 2.75) is 32.2 Å². The van der Waals surface area contributed by atoms with Gasteiger partial charge >= 0.3 is 0 Å². The number of pyridine rings is 1. The molecule has 1 aliphatic heterocycles. The van der Waals surface area contributed by atoms with E-state index in [1.54, 1.807) is 0 Å². The zero-order chi connectivity index (χ0) is 21.1. The van der Waals surface area contributed by atoms with Crippen LogP contribution in [0.1, 0.15) is 34.8 Å². The number of benzene rings is 2. The molecule has 1 aliphatic rings. The average molecular weight is 408 g/mol. The normalized spacial score (nSPS) is 17.2. The Morgan fingerprint density at radius 1 is 1.20 bits per heavy atom. The van der Waals surface area contributed by atoms with Crippen molar-refractivity contribution >= 4 is 5.69 Å². The molecule has 0 radical (unpaired) electrons. The highest BCUT2D eigenvalue weighted by atomic mass is 19.1. The van der Waals surface area contributed by atoms with Gasteiger partial charge < -0.3 is 19.8 Å². The zero-order valence-corrected chi connectivity index (χ0v) is 16.8. The molecule has 6 heteroatoms. The molecular formula is C24H25FN2O3. The van der Waals surface area contributed by atoms with E-state index in [0.29, 0.717) is 6.54 Å². The number of halogens is 1. The summed E-state index contributed by atoms with van der Waals surface area (Å²) in [4.78, 5) is 6.07. The van der Waals surface area contributed by atoms with Crippen LogP contribution in [0.5, 0.6) is 5.88 Å². The molecule has 1 fully saturated rings. The topological polar surface area (TPSA) is 65.8 Å². The minimum atomic E-state index is -0.757. The molecule has 3 aromatic rings. The van der Waals surface area contributed by atoms with Crippen molar-refractivity contribution < 1.29 is 19.3 Å². The molecule has 2 unspecified atom stereocenters. The summed E-state index contributed by atoms with van der Waals surface area (Å²) in [6.45, 7) is 3.13. The maximum atomic E-state index is 13.8. The molecule has 0 bridgehead atoms. The van der Waals surface area contributed by atoms with Gasteiger partial charge in [-0.1, -0.05) is 30.3 Å². The fraction of sp³-hybridized carbons (Fsp3) is 0.292. The summed E-state index contributed by atoms with van der Waals surface area (Å²) in [5.41, 5.74) is 4.23. The molecule has 1 aromatic heterocycles. The third-order valence-electron chi connectivity index (χ3n) is 5.56. The van der Waals surface area contributed by atoms with Crippen LogP contribution in [0.4, 0.5) is 10.1 Å². The van der Waals surface area contributed by atoms with Crippen molar-refractivity contribution in [1.82, 2.24) is 4.98 Å². The number of aryl methyl sites for hydroxylation is 1. The molecule has 0 amide bonds. The summed E-state index contributed by atoms with van der Waals surface area (Å²) in [6, 6.07) is 16.2. The minimum absolute atomic E-state index is 0.0171. The number of hydrogen-bond acceptors (Lipinski definition) is 5. The second kappa shape index (κ2) is 8.81. The van der Waals surface area contributed by atoms with E-state index in [2.05, 4.69) is 9.88 Å². The Kier molecular flexibility index (Phi) is 5.97. The fourth-order valence-electron chi connectivity index (χ4n) is 3.94. The van der Waals surface area contributed by atoms with Crippen molar-refractivity contribution in [2.24, 2.45) is 0 Å². The quantitative estimate of drug-likeness (QED) is 0.650. The van der Waals surface area contributed by atoms with Gasteiger partial charge in [0.05, 0.1) is 13.2 Å². The second-order valence-corrected chi connectivity index (χ2v) is 7.57. The summed E-state index contributed by atoms with van der Waals surface area (Å²) in [5, 5.41) is 20.8. The number of anilines is 1. The van der Waals surface area contributed by atoms with Gasteiger partial charge in [0.2, 0.25) is 0 Å². The van der Waals surface area contributed by atoms with Gasteiger partial charge in [-0.05, 0) is 47.9 Å². The number of ether oxygens (including phenoxy) is 1. The Bertz CT molecular complexity index is 1030. The molecule has 30 heavy (non-hydrogen) atoms. The lowest BCUT2D eigenvalue weighted by atomic mass is 9.95. The van der Waals surface area contributed by atoms with E-state index in [0.717, 1.165) is 40.9 Å². The highest BCUT2D eigenvalue weighted by molar-refractivity contribution is 5.56. The van der Waals surface area contributed by atoms with Crippen LogP contribution in [0.15, 0.2) is 60.8 Å². The molecule has 2 atom stereocenters. The molecule has 156 valence electrons. The summed E-state index contributed by atoms with van der Waals surface area (Å²) >= 11 is 0. The Balaban J connectivity index is 1.51. The first-order chi connectivity index (χ1) is 14.6. The van der Waals surface area contributed by atoms with Gasteiger partial charge in [-0.15, -0.1) is 0 Å². The maximum absolute atomic E-state index is 13.8. The van der Waals surface area contributed by atoms with E-state index >= 15 is 0 Å². The van der Waals surface area contributed by atoms with Gasteiger partial charge in [0.25, 0.3) is 5.88 Å². The van der Waals surface area contributed by atoms with Crippen LogP contribution >= 0.6 is 0 Å². The monoisotopic (exact) mass is 408 g/mol. The van der Waals surface area contributed by atoms with Gasteiger partial charge in [-0.3, -0.25) is 0 Å². The molecule has 2 aromatic carbocycles. The van der Waals surface area contributed by atoms with Gasteiger partial charge in [0, 0.05) is 30.4 Å². The molecule has 4 rings (SSSR count). The zero-order valence-electron chi connectivity index (χ0n) is 16.8. The molecule has 0 saturated carbocycles. The van der Waals surface area contributed by atoms with E-state index in [4.69, 9.17) is 4.74 Å². The number of nitrogens with zero attached hydrogens (tertiary/aromatic N) is 2. The summed E-state index contributed by atoms with van der Waals surface area (Å²) in [6.07, 6.45) is 1.30. The Hall–Kier alpha value is -2.96. The third kappa shape index (κ3) is 4.15. The third-order valence-corrected chi connectivity index (χ3v) is 5.56. The number of aromatic nitrogens is 1. The minimum Gasteiger partial charge on any atom is -0.470 e. The summed E-state index contributed by atoms with van der Waals surface area (Å²) < 4.78 is 19.5. The average Bonchev–Trinajstić information content (AvgIpc) is 3.23. The molecule has 2 N–H and O–H groups in total. The van der Waals surface area contributed by atoms with Gasteiger partial charge in [0.1, 0.15) is 12.2 Å². The second-order valence-electron chi connectivity index (χ2n) is 7.57. The Labute approximate surface area is 175 Å². The van der Waals surface area contributed by atoms with Crippen molar-refractivity contribution in [3.05, 3.63) is 88.9 Å². The van der Waals surface area contributed by atoms with Crippen molar-refractivity contribution in [3.8, 4) is 5.88 Å². The highest BCUT2D eigenvalue weighted by Crippen LogP contribution is 2.32. The lowest BCUT2D eigenvalue weighted by Gasteiger charge is -2.23. The van der Waals surface area contributed by atoms with Crippen LogP contribution in [0.3, 0.4) is 0 Å². The molecule has 0 spiro atoms. The smallest absolute Gasteiger partial charge is 0.250 e. The fourth-order valence-corrected chi connectivity index (χ4v) is 3.94. The van der Waals surface area contributed by atoms with Crippen LogP contribution in [0.2, 0.25) is 0 Å². The molecule has 5 nitrogen and oxygen atoms in total. The largest absolute Gasteiger partial charge is 0.470 e. The van der Waals surface area contributed by atoms with Crippen LogP contribution < -0.4 is 9.64 Å². The number of hydrogen-bond donors (Lipinski definition) is 2. The number of aliphatic hydroxyl groups excluding tert-OH is 2. The lowest BCUT2D eigenvalue weighted by Crippen LogP contribution is -2.26. The van der Waals surface area contributed by atoms with Gasteiger partial charge in [-0.2, -0.15) is 0 Å². The first-order valence-electron chi connectivity index (χ1n) is 10.1. The van der Waals surface area contributed by atoms with E-state index in [1.807, 2.05) is 49.4 Å². The molecule has 1 saturated heterocycles. The van der Waals surface area contributed by atoms with Crippen LogP contribution in [0, 0.1) is 12.7 Å². The predicted octanol–water partition coefficient (Wildman–Crippen LogP) is 3.76. The van der Waals surface area contributed by atoms with Gasteiger partial charge in [-0.25, -0.2) is 9.37 Å². The van der Waals surface area contributed by atoms with E-state index in [1.165, 1.54) is 18.3 Å². The van der Waals surface area contributed by atoms with E-state index < -0.39 is 11.9 Å². The lowest BCUT2D eigenvalue weighted by molar-refractivity contribution is 0.205. The van der Waals surface area contributed by atoms with Crippen LogP contribution in [-0.4, -0.2) is 34.4 Å². The molecule has 0 aliphatic carbocycles. The van der Waals surface area contributed by atoms with Crippen molar-refractivity contribution in [1.29, 1.82) is 0 Å². The van der Waals surface area contributed by atoms with Crippen molar-refractivity contribution in [2.75, 3.05) is 18.0 Å². The highest BCUT2D eigenvalue weighted by Gasteiger charge is 2.27. The molecular weight excluding hydrogens is 383 g/mol. The van der Waals surface area contributed by atoms with Crippen LogP contribution in [-0.2, 0) is 6.61 Å². The summed E-state index contributed by atoms with van der Waals surface area (Å²) in [5.74, 6) is -0.454. The maximum Gasteiger partial charge on any atom is 0.250 e.